The SMILES string of the molecule is O=C(OC[C@H](O)[C@@H]1CCOC(O)[SiH2]1)c1ccccc1. The Kier molecular flexibility index (Phi) is 5.09. The van der Waals surface area contributed by atoms with Crippen LogP contribution in [0.4, 0.5) is 0 Å². The fraction of sp³-hybridized carbons (Fsp3) is 0.462. The van der Waals surface area contributed by atoms with Gasteiger partial charge in [0.15, 0.2) is 0 Å². The minimum Gasteiger partial charge on any atom is -0.459 e. The highest BCUT2D eigenvalue weighted by Crippen LogP contribution is 2.21. The molecule has 5 nitrogen and oxygen atoms in total. The van der Waals surface area contributed by atoms with Crippen molar-refractivity contribution in [1.82, 2.24) is 0 Å². The van der Waals surface area contributed by atoms with E-state index < -0.39 is 27.5 Å². The largest absolute Gasteiger partial charge is 0.459 e. The van der Waals surface area contributed by atoms with Crippen molar-refractivity contribution in [3.8, 4) is 0 Å². The molecule has 0 aliphatic carbocycles. The maximum atomic E-state index is 11.7. The highest BCUT2D eigenvalue weighted by Gasteiger charge is 2.28. The van der Waals surface area contributed by atoms with Crippen LogP contribution in [0.3, 0.4) is 0 Å². The molecule has 2 rings (SSSR count). The zero-order valence-electron chi connectivity index (χ0n) is 10.6. The molecule has 0 spiro atoms. The van der Waals surface area contributed by atoms with E-state index in [9.17, 15) is 15.0 Å². The van der Waals surface area contributed by atoms with Gasteiger partial charge in [0.2, 0.25) is 0 Å². The van der Waals surface area contributed by atoms with Crippen molar-refractivity contribution in [2.45, 2.75) is 24.0 Å². The zero-order chi connectivity index (χ0) is 13.7. The van der Waals surface area contributed by atoms with E-state index in [1.165, 1.54) is 0 Å². The second-order valence-corrected chi connectivity index (χ2v) is 6.86. The maximum Gasteiger partial charge on any atom is 0.338 e. The molecule has 1 aliphatic heterocycles. The van der Waals surface area contributed by atoms with E-state index in [4.69, 9.17) is 9.47 Å². The normalized spacial score (nSPS) is 26.0. The van der Waals surface area contributed by atoms with Crippen LogP contribution in [0.1, 0.15) is 16.8 Å². The van der Waals surface area contributed by atoms with Crippen LogP contribution in [0.25, 0.3) is 0 Å². The van der Waals surface area contributed by atoms with Gasteiger partial charge in [-0.3, -0.25) is 0 Å². The van der Waals surface area contributed by atoms with E-state index >= 15 is 0 Å². The molecule has 0 amide bonds. The Bertz CT molecular complexity index is 411. The summed E-state index contributed by atoms with van der Waals surface area (Å²) in [5.41, 5.74) is 0.506. The van der Waals surface area contributed by atoms with Crippen LogP contribution in [0, 0.1) is 0 Å². The second-order valence-electron chi connectivity index (χ2n) is 4.64. The molecule has 0 bridgehead atoms. The average Bonchev–Trinajstić information content (AvgIpc) is 2.45. The summed E-state index contributed by atoms with van der Waals surface area (Å²) in [6.45, 7) is 0.417. The van der Waals surface area contributed by atoms with Gasteiger partial charge >= 0.3 is 5.97 Å². The van der Waals surface area contributed by atoms with Crippen LogP contribution >= 0.6 is 0 Å². The number of benzene rings is 1. The molecule has 3 atom stereocenters. The Morgan fingerprint density at radius 3 is 2.89 bits per heavy atom. The summed E-state index contributed by atoms with van der Waals surface area (Å²) in [6, 6.07) is 8.67. The number of esters is 1. The molecule has 2 N–H and O–H groups in total. The molecular formula is C13H18O5Si. The van der Waals surface area contributed by atoms with Gasteiger partial charge in [-0.1, -0.05) is 18.2 Å². The first-order chi connectivity index (χ1) is 9.16. The first-order valence-electron chi connectivity index (χ1n) is 6.36. The minimum atomic E-state index is -0.916. The van der Waals surface area contributed by atoms with E-state index in [0.717, 1.165) is 0 Å². The molecule has 104 valence electrons. The van der Waals surface area contributed by atoms with Crippen molar-refractivity contribution in [3.63, 3.8) is 0 Å². The van der Waals surface area contributed by atoms with Gasteiger partial charge in [-0.05, 0) is 24.1 Å². The first-order valence-corrected chi connectivity index (χ1v) is 8.00. The third kappa shape index (κ3) is 4.14. The molecule has 6 heteroatoms. The van der Waals surface area contributed by atoms with Gasteiger partial charge < -0.3 is 19.7 Å². The smallest absolute Gasteiger partial charge is 0.338 e. The molecule has 1 aromatic rings. The van der Waals surface area contributed by atoms with Gasteiger partial charge in [0.1, 0.15) is 12.5 Å². The number of aliphatic hydroxyl groups excluding tert-OH is 2. The van der Waals surface area contributed by atoms with E-state index in [1.807, 2.05) is 6.07 Å². The molecular weight excluding hydrogens is 264 g/mol. The number of rotatable bonds is 4. The van der Waals surface area contributed by atoms with E-state index in [1.54, 1.807) is 24.3 Å². The lowest BCUT2D eigenvalue weighted by Crippen LogP contribution is -2.38. The van der Waals surface area contributed by atoms with Crippen molar-refractivity contribution in [3.05, 3.63) is 35.9 Å². The van der Waals surface area contributed by atoms with Gasteiger partial charge in [0.25, 0.3) is 0 Å². The molecule has 1 saturated heterocycles. The summed E-state index contributed by atoms with van der Waals surface area (Å²) in [5.74, 6) is -1.13. The van der Waals surface area contributed by atoms with Crippen molar-refractivity contribution in [2.24, 2.45) is 0 Å². The highest BCUT2D eigenvalue weighted by atomic mass is 28.2. The van der Waals surface area contributed by atoms with E-state index in [-0.39, 0.29) is 12.1 Å². The van der Waals surface area contributed by atoms with Crippen molar-refractivity contribution < 1.29 is 24.5 Å². The Labute approximate surface area is 114 Å². The van der Waals surface area contributed by atoms with Crippen LogP contribution in [0.5, 0.6) is 0 Å². The summed E-state index contributed by atoms with van der Waals surface area (Å²) < 4.78 is 10.1. The average molecular weight is 282 g/mol. The molecule has 1 unspecified atom stereocenters. The predicted molar refractivity (Wildman–Crippen MR) is 71.6 cm³/mol. The molecule has 1 heterocycles. The summed E-state index contributed by atoms with van der Waals surface area (Å²) >= 11 is 0. The lowest BCUT2D eigenvalue weighted by Gasteiger charge is -2.29. The number of hydrogen-bond donors (Lipinski definition) is 2. The van der Waals surface area contributed by atoms with Gasteiger partial charge in [0.05, 0.1) is 21.2 Å². The van der Waals surface area contributed by atoms with Crippen LogP contribution < -0.4 is 0 Å². The fourth-order valence-corrected chi connectivity index (χ4v) is 3.78. The lowest BCUT2D eigenvalue weighted by molar-refractivity contribution is -0.0618. The molecule has 0 saturated carbocycles. The lowest BCUT2D eigenvalue weighted by atomic mass is 10.2. The summed E-state index contributed by atoms with van der Waals surface area (Å²) in [5, 5.41) is 19.4. The van der Waals surface area contributed by atoms with E-state index in [2.05, 4.69) is 0 Å². The molecule has 0 aromatic heterocycles. The van der Waals surface area contributed by atoms with Crippen molar-refractivity contribution >= 4 is 15.5 Å². The minimum absolute atomic E-state index is 0.0296. The number of carbonyl (C=O) groups is 1. The van der Waals surface area contributed by atoms with Crippen LogP contribution in [0.2, 0.25) is 5.54 Å². The third-order valence-corrected chi connectivity index (χ3v) is 5.44. The van der Waals surface area contributed by atoms with Crippen molar-refractivity contribution in [1.29, 1.82) is 0 Å². The van der Waals surface area contributed by atoms with Crippen LogP contribution in [-0.2, 0) is 9.47 Å². The third-order valence-electron chi connectivity index (χ3n) is 3.24. The Hall–Kier alpha value is -1.21. The summed E-state index contributed by atoms with van der Waals surface area (Å²) in [7, 11) is -0.916. The van der Waals surface area contributed by atoms with Gasteiger partial charge in [-0.25, -0.2) is 4.79 Å². The zero-order valence-corrected chi connectivity index (χ0v) is 12.0. The number of hydrogen-bond acceptors (Lipinski definition) is 5. The van der Waals surface area contributed by atoms with Crippen LogP contribution in [0.15, 0.2) is 30.3 Å². The summed E-state index contributed by atoms with van der Waals surface area (Å²) in [4.78, 5) is 11.7. The van der Waals surface area contributed by atoms with Gasteiger partial charge in [0, 0.05) is 6.61 Å². The van der Waals surface area contributed by atoms with Crippen molar-refractivity contribution in [2.75, 3.05) is 13.2 Å². The molecule has 1 fully saturated rings. The van der Waals surface area contributed by atoms with E-state index in [0.29, 0.717) is 18.6 Å². The quantitative estimate of drug-likeness (QED) is 0.594. The maximum absolute atomic E-state index is 11.7. The Morgan fingerprint density at radius 1 is 1.47 bits per heavy atom. The summed E-state index contributed by atoms with van der Waals surface area (Å²) in [6.07, 6.45) is 0.00531. The highest BCUT2D eigenvalue weighted by molar-refractivity contribution is 6.39. The molecule has 1 aromatic carbocycles. The fourth-order valence-electron chi connectivity index (χ4n) is 2.10. The standard InChI is InChI=1S/C13H18O5Si/c14-10(11-6-7-17-13(16)19-11)8-18-12(15)9-4-2-1-3-5-9/h1-5,10-11,13-14,16H,6-8,19H2/t10-,11-,13?/m0/s1. The van der Waals surface area contributed by atoms with Crippen LogP contribution in [-0.4, -0.2) is 50.9 Å². The number of carbonyl (C=O) groups excluding carboxylic acids is 1. The number of aliphatic hydroxyl groups is 2. The number of ether oxygens (including phenoxy) is 2. The van der Waals surface area contributed by atoms with Gasteiger partial charge in [-0.15, -0.1) is 0 Å². The first kappa shape index (κ1) is 14.2. The molecule has 19 heavy (non-hydrogen) atoms. The second kappa shape index (κ2) is 6.81. The Morgan fingerprint density at radius 2 is 2.21 bits per heavy atom. The monoisotopic (exact) mass is 282 g/mol. The topological polar surface area (TPSA) is 76.0 Å². The Balaban J connectivity index is 1.80. The molecule has 0 radical (unpaired) electrons. The predicted octanol–water partition coefficient (Wildman–Crippen LogP) is -0.142. The van der Waals surface area contributed by atoms with Gasteiger partial charge in [-0.2, -0.15) is 0 Å². The molecule has 1 aliphatic rings.